The second kappa shape index (κ2) is 4.79. The van der Waals surface area contributed by atoms with Crippen molar-refractivity contribution in [3.63, 3.8) is 0 Å². The van der Waals surface area contributed by atoms with E-state index in [1.54, 1.807) is 18.5 Å². The van der Waals surface area contributed by atoms with Crippen molar-refractivity contribution in [1.82, 2.24) is 19.9 Å². The van der Waals surface area contributed by atoms with Gasteiger partial charge in [-0.2, -0.15) is 0 Å². The number of nitrogens with zero attached hydrogens (tertiary/aromatic N) is 3. The van der Waals surface area contributed by atoms with E-state index in [1.807, 2.05) is 6.92 Å². The van der Waals surface area contributed by atoms with Gasteiger partial charge in [0.05, 0.1) is 5.69 Å². The van der Waals surface area contributed by atoms with Gasteiger partial charge in [0.2, 0.25) is 11.9 Å². The molecule has 98 valence electrons. The van der Waals surface area contributed by atoms with Crippen molar-refractivity contribution < 1.29 is 4.79 Å². The summed E-state index contributed by atoms with van der Waals surface area (Å²) in [5.41, 5.74) is 2.18. The molecule has 6 nitrogen and oxygen atoms in total. The number of aromatic nitrogens is 4. The third kappa shape index (κ3) is 2.47. The molecule has 0 aliphatic heterocycles. The fourth-order valence-electron chi connectivity index (χ4n) is 2.42. The molecule has 1 atom stereocenters. The number of carbonyl (C=O) groups excluding carboxylic acids is 1. The SMILES string of the molecule is Cc1nc2c([nH]1)CC(C(=O)Nc1ncccn1)CC2. The summed E-state index contributed by atoms with van der Waals surface area (Å²) >= 11 is 0. The Morgan fingerprint density at radius 3 is 3.00 bits per heavy atom. The van der Waals surface area contributed by atoms with Crippen molar-refractivity contribution >= 4 is 11.9 Å². The highest BCUT2D eigenvalue weighted by Crippen LogP contribution is 2.24. The lowest BCUT2D eigenvalue weighted by Gasteiger charge is -2.19. The van der Waals surface area contributed by atoms with Gasteiger partial charge in [0.1, 0.15) is 5.82 Å². The van der Waals surface area contributed by atoms with E-state index in [1.165, 1.54) is 0 Å². The van der Waals surface area contributed by atoms with E-state index >= 15 is 0 Å². The van der Waals surface area contributed by atoms with Crippen LogP contribution in [0.4, 0.5) is 5.95 Å². The third-order valence-corrected chi connectivity index (χ3v) is 3.33. The second-order valence-electron chi connectivity index (χ2n) is 4.75. The maximum absolute atomic E-state index is 12.2. The molecule has 0 bridgehead atoms. The number of hydrogen-bond donors (Lipinski definition) is 2. The van der Waals surface area contributed by atoms with Gasteiger partial charge in [-0.25, -0.2) is 15.0 Å². The van der Waals surface area contributed by atoms with E-state index in [0.29, 0.717) is 12.4 Å². The summed E-state index contributed by atoms with van der Waals surface area (Å²) in [6.07, 6.45) is 5.58. The molecule has 1 aliphatic carbocycles. The highest BCUT2D eigenvalue weighted by molar-refractivity contribution is 5.91. The number of carbonyl (C=O) groups is 1. The summed E-state index contributed by atoms with van der Waals surface area (Å²) in [5, 5.41) is 2.75. The van der Waals surface area contributed by atoms with E-state index in [4.69, 9.17) is 0 Å². The van der Waals surface area contributed by atoms with Crippen LogP contribution in [-0.4, -0.2) is 25.8 Å². The van der Waals surface area contributed by atoms with Crippen molar-refractivity contribution in [3.8, 4) is 0 Å². The van der Waals surface area contributed by atoms with Gasteiger partial charge in [-0.3, -0.25) is 10.1 Å². The lowest BCUT2D eigenvalue weighted by atomic mass is 9.89. The first-order valence-corrected chi connectivity index (χ1v) is 6.34. The average Bonchev–Trinajstić information content (AvgIpc) is 2.78. The van der Waals surface area contributed by atoms with Crippen LogP contribution < -0.4 is 5.32 Å². The quantitative estimate of drug-likeness (QED) is 0.848. The number of aromatic amines is 1. The van der Waals surface area contributed by atoms with E-state index < -0.39 is 0 Å². The number of anilines is 1. The van der Waals surface area contributed by atoms with Gasteiger partial charge in [-0.05, 0) is 25.8 Å². The molecular formula is C13H15N5O. The number of amides is 1. The van der Waals surface area contributed by atoms with Crippen LogP contribution in [0.5, 0.6) is 0 Å². The summed E-state index contributed by atoms with van der Waals surface area (Å²) in [4.78, 5) is 27.8. The number of nitrogens with one attached hydrogen (secondary N) is 2. The summed E-state index contributed by atoms with van der Waals surface area (Å²) in [6.45, 7) is 1.94. The Labute approximate surface area is 110 Å². The monoisotopic (exact) mass is 257 g/mol. The first kappa shape index (κ1) is 11.8. The molecule has 1 unspecified atom stereocenters. The highest BCUT2D eigenvalue weighted by Gasteiger charge is 2.27. The van der Waals surface area contributed by atoms with Gasteiger partial charge in [0.25, 0.3) is 0 Å². The van der Waals surface area contributed by atoms with Crippen LogP contribution in [-0.2, 0) is 17.6 Å². The maximum Gasteiger partial charge on any atom is 0.230 e. The normalized spacial score (nSPS) is 17.8. The molecule has 3 rings (SSSR count). The van der Waals surface area contributed by atoms with Crippen LogP contribution in [0.1, 0.15) is 23.6 Å². The first-order valence-electron chi connectivity index (χ1n) is 6.34. The number of imidazole rings is 1. The predicted molar refractivity (Wildman–Crippen MR) is 69.5 cm³/mol. The van der Waals surface area contributed by atoms with E-state index in [9.17, 15) is 4.79 Å². The summed E-state index contributed by atoms with van der Waals surface area (Å²) in [6, 6.07) is 1.72. The minimum atomic E-state index is -0.0452. The summed E-state index contributed by atoms with van der Waals surface area (Å²) < 4.78 is 0. The van der Waals surface area contributed by atoms with Crippen LogP contribution in [0.3, 0.4) is 0 Å². The number of fused-ring (bicyclic) bond motifs is 1. The van der Waals surface area contributed by atoms with E-state index in [2.05, 4.69) is 25.3 Å². The lowest BCUT2D eigenvalue weighted by Crippen LogP contribution is -2.28. The Morgan fingerprint density at radius 1 is 1.42 bits per heavy atom. The molecule has 0 radical (unpaired) electrons. The molecule has 2 aromatic rings. The number of rotatable bonds is 2. The molecule has 0 aromatic carbocycles. The maximum atomic E-state index is 12.2. The average molecular weight is 257 g/mol. The van der Waals surface area contributed by atoms with Crippen molar-refractivity contribution in [2.45, 2.75) is 26.2 Å². The molecular weight excluding hydrogens is 242 g/mol. The molecule has 1 amide bonds. The Hall–Kier alpha value is -2.24. The fraction of sp³-hybridized carbons (Fsp3) is 0.385. The van der Waals surface area contributed by atoms with E-state index in [-0.39, 0.29) is 11.8 Å². The van der Waals surface area contributed by atoms with Crippen LogP contribution in [0.25, 0.3) is 0 Å². The van der Waals surface area contributed by atoms with Crippen molar-refractivity contribution in [2.24, 2.45) is 5.92 Å². The Balaban J connectivity index is 1.69. The Bertz CT molecular complexity index is 592. The fourth-order valence-corrected chi connectivity index (χ4v) is 2.42. The molecule has 6 heteroatoms. The third-order valence-electron chi connectivity index (χ3n) is 3.33. The highest BCUT2D eigenvalue weighted by atomic mass is 16.2. The topological polar surface area (TPSA) is 83.6 Å². The summed E-state index contributed by atoms with van der Waals surface area (Å²) in [5.74, 6) is 1.21. The Kier molecular flexibility index (Phi) is 2.98. The minimum Gasteiger partial charge on any atom is -0.346 e. The molecule has 0 fully saturated rings. The van der Waals surface area contributed by atoms with Crippen molar-refractivity contribution in [2.75, 3.05) is 5.32 Å². The number of aryl methyl sites for hydroxylation is 2. The largest absolute Gasteiger partial charge is 0.346 e. The Morgan fingerprint density at radius 2 is 2.21 bits per heavy atom. The zero-order valence-electron chi connectivity index (χ0n) is 10.7. The van der Waals surface area contributed by atoms with Gasteiger partial charge in [-0.15, -0.1) is 0 Å². The van der Waals surface area contributed by atoms with Gasteiger partial charge < -0.3 is 4.98 Å². The predicted octanol–water partition coefficient (Wildman–Crippen LogP) is 1.25. The van der Waals surface area contributed by atoms with Crippen LogP contribution >= 0.6 is 0 Å². The van der Waals surface area contributed by atoms with Gasteiger partial charge in [0, 0.05) is 30.4 Å². The van der Waals surface area contributed by atoms with Gasteiger partial charge >= 0.3 is 0 Å². The molecule has 1 aliphatic rings. The molecule has 19 heavy (non-hydrogen) atoms. The summed E-state index contributed by atoms with van der Waals surface area (Å²) in [7, 11) is 0. The molecule has 2 N–H and O–H groups in total. The smallest absolute Gasteiger partial charge is 0.230 e. The van der Waals surface area contributed by atoms with Gasteiger partial charge in [0.15, 0.2) is 0 Å². The van der Waals surface area contributed by atoms with Crippen molar-refractivity contribution in [1.29, 1.82) is 0 Å². The van der Waals surface area contributed by atoms with Crippen LogP contribution in [0.15, 0.2) is 18.5 Å². The lowest BCUT2D eigenvalue weighted by molar-refractivity contribution is -0.120. The molecule has 2 heterocycles. The van der Waals surface area contributed by atoms with Gasteiger partial charge in [-0.1, -0.05) is 0 Å². The number of hydrogen-bond acceptors (Lipinski definition) is 4. The molecule has 0 saturated heterocycles. The van der Waals surface area contributed by atoms with Crippen LogP contribution in [0, 0.1) is 12.8 Å². The molecule has 0 saturated carbocycles. The molecule has 0 spiro atoms. The molecule has 2 aromatic heterocycles. The second-order valence-corrected chi connectivity index (χ2v) is 4.75. The first-order chi connectivity index (χ1) is 9.22. The van der Waals surface area contributed by atoms with Crippen molar-refractivity contribution in [3.05, 3.63) is 35.7 Å². The van der Waals surface area contributed by atoms with E-state index in [0.717, 1.165) is 30.1 Å². The zero-order valence-corrected chi connectivity index (χ0v) is 10.7. The zero-order chi connectivity index (χ0) is 13.2. The minimum absolute atomic E-state index is 0.0240. The van der Waals surface area contributed by atoms with Crippen LogP contribution in [0.2, 0.25) is 0 Å². The standard InChI is InChI=1S/C13H15N5O/c1-8-16-10-4-3-9(7-11(10)17-8)12(19)18-13-14-5-2-6-15-13/h2,5-6,9H,3-4,7H2,1H3,(H,16,17)(H,14,15,18,19). The number of H-pyrrole nitrogens is 1.